The summed E-state index contributed by atoms with van der Waals surface area (Å²) in [7, 11) is 3.28. The van der Waals surface area contributed by atoms with Crippen molar-refractivity contribution in [3.8, 4) is 34.0 Å². The van der Waals surface area contributed by atoms with Gasteiger partial charge >= 0.3 is 0 Å². The van der Waals surface area contributed by atoms with E-state index in [0.29, 0.717) is 0 Å². The molecule has 0 aliphatic rings. The predicted molar refractivity (Wildman–Crippen MR) is 82.6 cm³/mol. The molecule has 1 N–H and O–H groups in total. The number of hydrogen-bond donors (Lipinski definition) is 1. The van der Waals surface area contributed by atoms with Gasteiger partial charge in [-0.25, -0.2) is 0 Å². The van der Waals surface area contributed by atoms with E-state index < -0.39 is 0 Å². The van der Waals surface area contributed by atoms with Crippen molar-refractivity contribution in [3.05, 3.63) is 54.6 Å². The normalized spacial score (nSPS) is 10.4. The van der Waals surface area contributed by atoms with Gasteiger partial charge in [-0.15, -0.1) is 0 Å². The van der Waals surface area contributed by atoms with Crippen LogP contribution in [0, 0.1) is 0 Å². The molecule has 0 fully saturated rings. The summed E-state index contributed by atoms with van der Waals surface area (Å²) in [4.78, 5) is 0. The number of H-pyrrole nitrogens is 1. The first-order chi connectivity index (χ1) is 10.3. The molecule has 3 aromatic rings. The second-order valence-electron chi connectivity index (χ2n) is 4.63. The van der Waals surface area contributed by atoms with Gasteiger partial charge in [-0.3, -0.25) is 5.10 Å². The fraction of sp³-hybridized carbons (Fsp3) is 0.118. The van der Waals surface area contributed by atoms with Gasteiger partial charge in [-0.1, -0.05) is 30.3 Å². The van der Waals surface area contributed by atoms with Crippen molar-refractivity contribution >= 4 is 0 Å². The number of nitrogens with zero attached hydrogens (tertiary/aromatic N) is 1. The van der Waals surface area contributed by atoms with Gasteiger partial charge < -0.3 is 9.47 Å². The largest absolute Gasteiger partial charge is 0.497 e. The number of benzene rings is 2. The first-order valence-corrected chi connectivity index (χ1v) is 6.64. The van der Waals surface area contributed by atoms with Crippen LogP contribution in [0.3, 0.4) is 0 Å². The van der Waals surface area contributed by atoms with Crippen molar-refractivity contribution < 1.29 is 9.47 Å². The van der Waals surface area contributed by atoms with Crippen LogP contribution < -0.4 is 9.47 Å². The third-order valence-corrected chi connectivity index (χ3v) is 3.31. The van der Waals surface area contributed by atoms with Crippen molar-refractivity contribution in [2.45, 2.75) is 0 Å². The number of aromatic amines is 1. The minimum absolute atomic E-state index is 0.750. The van der Waals surface area contributed by atoms with Crippen LogP contribution >= 0.6 is 0 Å². The second-order valence-corrected chi connectivity index (χ2v) is 4.63. The zero-order chi connectivity index (χ0) is 14.7. The molecule has 106 valence electrons. The van der Waals surface area contributed by atoms with Crippen molar-refractivity contribution in [1.82, 2.24) is 10.2 Å². The van der Waals surface area contributed by atoms with E-state index >= 15 is 0 Å². The number of aromatic nitrogens is 2. The molecule has 1 heterocycles. The highest BCUT2D eigenvalue weighted by Crippen LogP contribution is 2.30. The zero-order valence-corrected chi connectivity index (χ0v) is 12.0. The van der Waals surface area contributed by atoms with Gasteiger partial charge in [-0.05, 0) is 18.2 Å². The molecule has 0 saturated heterocycles. The highest BCUT2D eigenvalue weighted by molar-refractivity contribution is 5.70. The molecule has 0 radical (unpaired) electrons. The Labute approximate surface area is 123 Å². The molecule has 3 rings (SSSR count). The first-order valence-electron chi connectivity index (χ1n) is 6.64. The lowest BCUT2D eigenvalue weighted by atomic mass is 10.1. The van der Waals surface area contributed by atoms with E-state index in [-0.39, 0.29) is 0 Å². The summed E-state index contributed by atoms with van der Waals surface area (Å²) in [5.74, 6) is 1.50. The van der Waals surface area contributed by atoms with Gasteiger partial charge in [0.1, 0.15) is 11.5 Å². The molecule has 4 nitrogen and oxygen atoms in total. The molecule has 1 aromatic heterocycles. The lowest BCUT2D eigenvalue weighted by Gasteiger charge is -2.06. The molecule has 0 saturated carbocycles. The van der Waals surface area contributed by atoms with Gasteiger partial charge in [-0.2, -0.15) is 5.10 Å². The second kappa shape index (κ2) is 5.71. The molecule has 0 bridgehead atoms. The molecular weight excluding hydrogens is 264 g/mol. The van der Waals surface area contributed by atoms with E-state index in [0.717, 1.165) is 34.0 Å². The molecule has 0 amide bonds. The van der Waals surface area contributed by atoms with E-state index in [4.69, 9.17) is 9.47 Å². The summed E-state index contributed by atoms with van der Waals surface area (Å²) in [6, 6.07) is 17.8. The van der Waals surface area contributed by atoms with Crippen molar-refractivity contribution in [2.75, 3.05) is 14.2 Å². The molecular formula is C17H16N2O2. The average Bonchev–Trinajstić information content (AvgIpc) is 3.05. The van der Waals surface area contributed by atoms with Crippen LogP contribution in [0.15, 0.2) is 54.6 Å². The van der Waals surface area contributed by atoms with Gasteiger partial charge in [0.15, 0.2) is 0 Å². The summed E-state index contributed by atoms with van der Waals surface area (Å²) < 4.78 is 10.6. The minimum atomic E-state index is 0.750. The molecule has 0 unspecified atom stereocenters. The van der Waals surface area contributed by atoms with Crippen molar-refractivity contribution in [3.63, 3.8) is 0 Å². The Bertz CT molecular complexity index is 713. The maximum absolute atomic E-state index is 5.30. The van der Waals surface area contributed by atoms with E-state index in [2.05, 4.69) is 10.2 Å². The number of nitrogens with one attached hydrogen (secondary N) is 1. The van der Waals surface area contributed by atoms with E-state index in [1.54, 1.807) is 14.2 Å². The smallest absolute Gasteiger partial charge is 0.123 e. The Morgan fingerprint density at radius 3 is 2.10 bits per heavy atom. The van der Waals surface area contributed by atoms with Crippen LogP contribution in [0.25, 0.3) is 22.5 Å². The fourth-order valence-corrected chi connectivity index (χ4v) is 2.19. The lowest BCUT2D eigenvalue weighted by molar-refractivity contribution is 0.394. The van der Waals surface area contributed by atoms with E-state index in [1.165, 1.54) is 0 Å². The molecule has 0 spiro atoms. The molecule has 0 atom stereocenters. The maximum atomic E-state index is 5.30. The van der Waals surface area contributed by atoms with Gasteiger partial charge in [0, 0.05) is 17.2 Å². The Hall–Kier alpha value is -2.75. The molecule has 4 heteroatoms. The quantitative estimate of drug-likeness (QED) is 0.791. The standard InChI is InChI=1S/C17H16N2O2/c1-20-14-8-13(9-15(10-14)21-2)17-11-16(18-19-17)12-6-4-3-5-7-12/h3-11H,1-2H3,(H,18,19). The Kier molecular flexibility index (Phi) is 3.60. The van der Waals surface area contributed by atoms with Gasteiger partial charge in [0.2, 0.25) is 0 Å². The van der Waals surface area contributed by atoms with Crippen molar-refractivity contribution in [1.29, 1.82) is 0 Å². The highest BCUT2D eigenvalue weighted by Gasteiger charge is 2.08. The number of rotatable bonds is 4. The molecule has 0 aliphatic heterocycles. The van der Waals surface area contributed by atoms with E-state index in [9.17, 15) is 0 Å². The lowest BCUT2D eigenvalue weighted by Crippen LogP contribution is -1.88. The number of methoxy groups -OCH3 is 2. The fourth-order valence-electron chi connectivity index (χ4n) is 2.19. The number of hydrogen-bond acceptors (Lipinski definition) is 3. The van der Waals surface area contributed by atoms with Gasteiger partial charge in [0.05, 0.1) is 25.6 Å². The Morgan fingerprint density at radius 2 is 1.48 bits per heavy atom. The van der Waals surface area contributed by atoms with Crippen molar-refractivity contribution in [2.24, 2.45) is 0 Å². The topological polar surface area (TPSA) is 47.1 Å². The summed E-state index contributed by atoms with van der Waals surface area (Å²) in [6.07, 6.45) is 0. The Morgan fingerprint density at radius 1 is 0.810 bits per heavy atom. The van der Waals surface area contributed by atoms with Crippen LogP contribution in [0.5, 0.6) is 11.5 Å². The van der Waals surface area contributed by atoms with Crippen LogP contribution in [0.4, 0.5) is 0 Å². The molecule has 2 aromatic carbocycles. The third-order valence-electron chi connectivity index (χ3n) is 3.31. The van der Waals surface area contributed by atoms with Crippen LogP contribution in [-0.2, 0) is 0 Å². The highest BCUT2D eigenvalue weighted by atomic mass is 16.5. The number of ether oxygens (including phenoxy) is 2. The predicted octanol–water partition coefficient (Wildman–Crippen LogP) is 3.76. The molecule has 0 aliphatic carbocycles. The van der Waals surface area contributed by atoms with E-state index in [1.807, 2.05) is 54.6 Å². The summed E-state index contributed by atoms with van der Waals surface area (Å²) in [5, 5.41) is 7.43. The summed E-state index contributed by atoms with van der Waals surface area (Å²) in [6.45, 7) is 0. The summed E-state index contributed by atoms with van der Waals surface area (Å²) in [5.41, 5.74) is 3.88. The van der Waals surface area contributed by atoms with Crippen LogP contribution in [0.1, 0.15) is 0 Å². The summed E-state index contributed by atoms with van der Waals surface area (Å²) >= 11 is 0. The molecule has 21 heavy (non-hydrogen) atoms. The average molecular weight is 280 g/mol. The first kappa shape index (κ1) is 13.2. The van der Waals surface area contributed by atoms with Crippen LogP contribution in [-0.4, -0.2) is 24.4 Å². The monoisotopic (exact) mass is 280 g/mol. The zero-order valence-electron chi connectivity index (χ0n) is 12.0. The SMILES string of the molecule is COc1cc(OC)cc(-c2cc(-c3ccccc3)n[nH]2)c1. The Balaban J connectivity index is 2.00. The van der Waals surface area contributed by atoms with Gasteiger partial charge in [0.25, 0.3) is 0 Å². The third kappa shape index (κ3) is 2.74. The van der Waals surface area contributed by atoms with Crippen LogP contribution in [0.2, 0.25) is 0 Å². The maximum Gasteiger partial charge on any atom is 0.123 e. The minimum Gasteiger partial charge on any atom is -0.497 e.